The molecule has 6 nitrogen and oxygen atoms in total. The molecule has 0 aliphatic rings. The van der Waals surface area contributed by atoms with Gasteiger partial charge in [-0.15, -0.1) is 0 Å². The van der Waals surface area contributed by atoms with Crippen LogP contribution in [0.5, 0.6) is 0 Å². The van der Waals surface area contributed by atoms with E-state index in [1.54, 1.807) is 0 Å². The molecule has 0 aliphatic carbocycles. The molecule has 0 saturated heterocycles. The Balaban J connectivity index is 4.18. The summed E-state index contributed by atoms with van der Waals surface area (Å²) in [5, 5.41) is 0. The highest BCUT2D eigenvalue weighted by Gasteiger charge is 2.19. The molecule has 0 rings (SSSR count). The highest BCUT2D eigenvalue weighted by Crippen LogP contribution is 2.17. The molecule has 0 heterocycles. The zero-order valence-corrected chi connectivity index (χ0v) is 45.2. The van der Waals surface area contributed by atoms with Crippen LogP contribution < -0.4 is 0 Å². The Morgan fingerprint density at radius 2 is 0.537 bits per heavy atom. The minimum absolute atomic E-state index is 0.0693. The molecular weight excluding hydrogens is 829 g/mol. The van der Waals surface area contributed by atoms with Crippen LogP contribution in [0.4, 0.5) is 0 Å². The van der Waals surface area contributed by atoms with Crippen molar-refractivity contribution in [3.05, 3.63) is 24.3 Å². The number of esters is 3. The van der Waals surface area contributed by atoms with Gasteiger partial charge in [-0.3, -0.25) is 14.4 Å². The Morgan fingerprint density at radius 3 is 0.851 bits per heavy atom. The Kier molecular flexibility index (Phi) is 54.7. The van der Waals surface area contributed by atoms with Crippen molar-refractivity contribution in [2.75, 3.05) is 13.2 Å². The number of carbonyl (C=O) groups excluding carboxylic acids is 3. The first-order valence-corrected chi connectivity index (χ1v) is 29.8. The summed E-state index contributed by atoms with van der Waals surface area (Å²) in [7, 11) is 0. The van der Waals surface area contributed by atoms with E-state index in [4.69, 9.17) is 14.2 Å². The van der Waals surface area contributed by atoms with Gasteiger partial charge in [-0.25, -0.2) is 0 Å². The second-order valence-corrected chi connectivity index (χ2v) is 20.3. The molecule has 0 spiro atoms. The first-order valence-electron chi connectivity index (χ1n) is 29.8. The van der Waals surface area contributed by atoms with Crippen molar-refractivity contribution < 1.29 is 28.6 Å². The van der Waals surface area contributed by atoms with E-state index in [0.717, 1.165) is 70.6 Å². The minimum atomic E-state index is -0.770. The molecule has 0 aromatic rings. The lowest BCUT2D eigenvalue weighted by Crippen LogP contribution is -2.30. The Bertz CT molecular complexity index is 1080. The predicted octanol–water partition coefficient (Wildman–Crippen LogP) is 19.9. The van der Waals surface area contributed by atoms with Gasteiger partial charge in [-0.1, -0.05) is 283 Å². The first kappa shape index (κ1) is 64.9. The Labute approximate surface area is 417 Å². The zero-order chi connectivity index (χ0) is 48.6. The second kappa shape index (κ2) is 56.5. The van der Waals surface area contributed by atoms with Crippen molar-refractivity contribution in [2.24, 2.45) is 0 Å². The molecule has 0 radical (unpaired) electrons. The SMILES string of the molecule is CCCCC/C=C\C/C=C\CCCCCCCCCC(=O)OC(COC(=O)CCCCCCCCCCC)COC(=O)CCCCCCCCCCCCCCCCCCCCCCCCC. The van der Waals surface area contributed by atoms with Gasteiger partial charge in [0.15, 0.2) is 6.10 Å². The fourth-order valence-corrected chi connectivity index (χ4v) is 8.95. The molecule has 1 atom stereocenters. The smallest absolute Gasteiger partial charge is 0.306 e. The maximum absolute atomic E-state index is 12.8. The van der Waals surface area contributed by atoms with Crippen molar-refractivity contribution >= 4 is 17.9 Å². The third kappa shape index (κ3) is 54.7. The average Bonchev–Trinajstić information content (AvgIpc) is 3.33. The quantitative estimate of drug-likeness (QED) is 0.0262. The fraction of sp³-hybridized carbons (Fsp3) is 0.885. The predicted molar refractivity (Wildman–Crippen MR) is 289 cm³/mol. The van der Waals surface area contributed by atoms with Crippen LogP contribution in [0.2, 0.25) is 0 Å². The van der Waals surface area contributed by atoms with Crippen LogP contribution in [0.1, 0.15) is 329 Å². The Hall–Kier alpha value is -2.11. The van der Waals surface area contributed by atoms with Gasteiger partial charge in [0.25, 0.3) is 0 Å². The summed E-state index contributed by atoms with van der Waals surface area (Å²) in [5.41, 5.74) is 0. The van der Waals surface area contributed by atoms with Gasteiger partial charge in [0.1, 0.15) is 13.2 Å². The van der Waals surface area contributed by atoms with Crippen molar-refractivity contribution in [2.45, 2.75) is 335 Å². The minimum Gasteiger partial charge on any atom is -0.462 e. The third-order valence-electron chi connectivity index (χ3n) is 13.5. The summed E-state index contributed by atoms with van der Waals surface area (Å²) >= 11 is 0. The number of hydrogen-bond acceptors (Lipinski definition) is 6. The van der Waals surface area contributed by atoms with Crippen molar-refractivity contribution in [1.29, 1.82) is 0 Å². The maximum Gasteiger partial charge on any atom is 0.306 e. The highest BCUT2D eigenvalue weighted by atomic mass is 16.6. The van der Waals surface area contributed by atoms with Gasteiger partial charge in [0.2, 0.25) is 0 Å². The second-order valence-electron chi connectivity index (χ2n) is 20.3. The molecule has 0 aromatic carbocycles. The summed E-state index contributed by atoms with van der Waals surface area (Å²) in [6.07, 6.45) is 66.1. The molecule has 1 unspecified atom stereocenters. The lowest BCUT2D eigenvalue weighted by Gasteiger charge is -2.18. The average molecular weight is 944 g/mol. The summed E-state index contributed by atoms with van der Waals surface area (Å²) in [6, 6.07) is 0. The van der Waals surface area contributed by atoms with E-state index in [9.17, 15) is 14.4 Å². The van der Waals surface area contributed by atoms with Crippen LogP contribution in [-0.2, 0) is 28.6 Å². The van der Waals surface area contributed by atoms with E-state index in [1.165, 1.54) is 218 Å². The molecular formula is C61H114O6. The van der Waals surface area contributed by atoms with Crippen LogP contribution in [0.15, 0.2) is 24.3 Å². The molecule has 67 heavy (non-hydrogen) atoms. The summed E-state index contributed by atoms with van der Waals surface area (Å²) in [4.78, 5) is 38.1. The van der Waals surface area contributed by atoms with Crippen LogP contribution in [0.25, 0.3) is 0 Å². The monoisotopic (exact) mass is 943 g/mol. The standard InChI is InChI=1S/C61H114O6/c1-4-7-10-13-16-19-21-23-25-27-28-29-30-31-32-34-35-37-39-42-45-48-51-54-60(63)66-57-58(56-65-59(62)53-50-47-44-41-18-15-12-9-6-3)67-61(64)55-52-49-46-43-40-38-36-33-26-24-22-20-17-14-11-8-5-2/h17,20,24,26,58H,4-16,18-19,21-23,25,27-57H2,1-3H3/b20-17-,26-24-. The fourth-order valence-electron chi connectivity index (χ4n) is 8.95. The van der Waals surface area contributed by atoms with E-state index < -0.39 is 6.10 Å². The first-order chi connectivity index (χ1) is 33.0. The molecule has 0 N–H and O–H groups in total. The highest BCUT2D eigenvalue weighted by molar-refractivity contribution is 5.71. The molecule has 6 heteroatoms. The Morgan fingerprint density at radius 1 is 0.299 bits per heavy atom. The van der Waals surface area contributed by atoms with Crippen LogP contribution >= 0.6 is 0 Å². The lowest BCUT2D eigenvalue weighted by atomic mass is 10.0. The van der Waals surface area contributed by atoms with E-state index in [2.05, 4.69) is 45.1 Å². The van der Waals surface area contributed by atoms with E-state index in [0.29, 0.717) is 19.3 Å². The van der Waals surface area contributed by atoms with E-state index >= 15 is 0 Å². The summed E-state index contributed by atoms with van der Waals surface area (Å²) in [6.45, 7) is 6.64. The molecule has 0 saturated carbocycles. The molecule has 0 bridgehead atoms. The molecule has 0 aromatic heterocycles. The number of allylic oxidation sites excluding steroid dienone is 4. The van der Waals surface area contributed by atoms with E-state index in [1.807, 2.05) is 0 Å². The van der Waals surface area contributed by atoms with Gasteiger partial charge >= 0.3 is 17.9 Å². The van der Waals surface area contributed by atoms with E-state index in [-0.39, 0.29) is 31.1 Å². The summed E-state index contributed by atoms with van der Waals surface area (Å²) in [5.74, 6) is -0.859. The third-order valence-corrected chi connectivity index (χ3v) is 13.5. The molecule has 0 aliphatic heterocycles. The number of ether oxygens (including phenoxy) is 3. The van der Waals surface area contributed by atoms with Gasteiger partial charge in [0.05, 0.1) is 0 Å². The largest absolute Gasteiger partial charge is 0.462 e. The van der Waals surface area contributed by atoms with Crippen molar-refractivity contribution in [3.8, 4) is 0 Å². The topological polar surface area (TPSA) is 78.9 Å². The van der Waals surface area contributed by atoms with Crippen LogP contribution in [0.3, 0.4) is 0 Å². The lowest BCUT2D eigenvalue weighted by molar-refractivity contribution is -0.167. The van der Waals surface area contributed by atoms with Gasteiger partial charge < -0.3 is 14.2 Å². The number of carbonyl (C=O) groups is 3. The van der Waals surface area contributed by atoms with Crippen molar-refractivity contribution in [3.63, 3.8) is 0 Å². The normalized spacial score (nSPS) is 12.1. The molecule has 0 fully saturated rings. The number of unbranched alkanes of at least 4 members (excludes halogenated alkanes) is 40. The van der Waals surface area contributed by atoms with Gasteiger partial charge in [0, 0.05) is 19.3 Å². The van der Waals surface area contributed by atoms with Gasteiger partial charge in [-0.05, 0) is 51.4 Å². The number of rotatable bonds is 55. The van der Waals surface area contributed by atoms with Crippen molar-refractivity contribution in [1.82, 2.24) is 0 Å². The number of hydrogen-bond donors (Lipinski definition) is 0. The van der Waals surface area contributed by atoms with Crippen LogP contribution in [0, 0.1) is 0 Å². The van der Waals surface area contributed by atoms with Crippen LogP contribution in [-0.4, -0.2) is 37.2 Å². The van der Waals surface area contributed by atoms with Gasteiger partial charge in [-0.2, -0.15) is 0 Å². The maximum atomic E-state index is 12.8. The molecule has 0 amide bonds. The zero-order valence-electron chi connectivity index (χ0n) is 45.2. The molecule has 394 valence electrons. The summed E-state index contributed by atoms with van der Waals surface area (Å²) < 4.78 is 16.8.